The van der Waals surface area contributed by atoms with Crippen molar-refractivity contribution in [2.75, 3.05) is 11.1 Å². The summed E-state index contributed by atoms with van der Waals surface area (Å²) in [5.74, 6) is 0.797. The third kappa shape index (κ3) is 1.99. The second-order valence-electron chi connectivity index (χ2n) is 4.24. The van der Waals surface area contributed by atoms with E-state index in [1.807, 2.05) is 32.0 Å². The Kier molecular flexibility index (Phi) is 2.69. The van der Waals surface area contributed by atoms with Gasteiger partial charge < -0.3 is 5.32 Å². The zero-order valence-corrected chi connectivity index (χ0v) is 10.2. The minimum absolute atomic E-state index is 0.0519. The first-order chi connectivity index (χ1) is 7.00. The molecule has 0 spiro atoms. The quantitative estimate of drug-likeness (QED) is 0.754. The lowest BCUT2D eigenvalue weighted by Gasteiger charge is -2.18. The van der Waals surface area contributed by atoms with Crippen molar-refractivity contribution in [3.05, 3.63) is 23.2 Å². The van der Waals surface area contributed by atoms with Gasteiger partial charge in [0.2, 0.25) is 5.91 Å². The van der Waals surface area contributed by atoms with Gasteiger partial charge in [-0.2, -0.15) is 0 Å². The van der Waals surface area contributed by atoms with Crippen LogP contribution < -0.4 is 5.32 Å². The van der Waals surface area contributed by atoms with Gasteiger partial charge in [-0.25, -0.2) is 0 Å². The van der Waals surface area contributed by atoms with Crippen LogP contribution in [0.4, 0.5) is 5.69 Å². The summed E-state index contributed by atoms with van der Waals surface area (Å²) in [7, 11) is 0. The lowest BCUT2D eigenvalue weighted by Crippen LogP contribution is -2.31. The number of halogens is 1. The molecule has 1 aromatic carbocycles. The normalized spacial score (nSPS) is 19.0. The van der Waals surface area contributed by atoms with Crippen molar-refractivity contribution in [3.8, 4) is 0 Å². The molecule has 4 heteroatoms. The standard InChI is InChI=1S/C11H12ClNOS/c1-11(2)6-15-9-7(12)4-3-5-8(9)13-10(11)14/h3-5H,6H2,1-2H3,(H,13,14). The van der Waals surface area contributed by atoms with Crippen LogP contribution in [0.25, 0.3) is 0 Å². The van der Waals surface area contributed by atoms with Crippen molar-refractivity contribution in [3.63, 3.8) is 0 Å². The van der Waals surface area contributed by atoms with Gasteiger partial charge in [0.25, 0.3) is 0 Å². The van der Waals surface area contributed by atoms with Gasteiger partial charge in [-0.3, -0.25) is 4.79 Å². The van der Waals surface area contributed by atoms with Gasteiger partial charge in [0.15, 0.2) is 0 Å². The summed E-state index contributed by atoms with van der Waals surface area (Å²) in [6.45, 7) is 3.88. The minimum atomic E-state index is -0.354. The van der Waals surface area contributed by atoms with Crippen molar-refractivity contribution in [1.82, 2.24) is 0 Å². The highest BCUT2D eigenvalue weighted by Crippen LogP contribution is 2.40. The fourth-order valence-electron chi connectivity index (χ4n) is 1.36. The second kappa shape index (κ2) is 3.72. The molecule has 0 saturated heterocycles. The Morgan fingerprint density at radius 1 is 1.47 bits per heavy atom. The molecule has 0 saturated carbocycles. The van der Waals surface area contributed by atoms with E-state index in [2.05, 4.69) is 5.32 Å². The van der Waals surface area contributed by atoms with Crippen LogP contribution in [0.5, 0.6) is 0 Å². The molecule has 0 fully saturated rings. The van der Waals surface area contributed by atoms with Crippen LogP contribution in [0.1, 0.15) is 13.8 Å². The number of carbonyl (C=O) groups is 1. The van der Waals surface area contributed by atoms with Crippen LogP contribution in [0.2, 0.25) is 5.02 Å². The van der Waals surface area contributed by atoms with E-state index in [9.17, 15) is 4.79 Å². The van der Waals surface area contributed by atoms with Crippen LogP contribution in [0, 0.1) is 5.41 Å². The molecule has 15 heavy (non-hydrogen) atoms. The van der Waals surface area contributed by atoms with Crippen molar-refractivity contribution >= 4 is 35.0 Å². The molecule has 1 aliphatic heterocycles. The Labute approximate surface area is 98.4 Å². The van der Waals surface area contributed by atoms with Crippen molar-refractivity contribution in [2.24, 2.45) is 5.41 Å². The van der Waals surface area contributed by atoms with E-state index in [4.69, 9.17) is 11.6 Å². The Morgan fingerprint density at radius 2 is 2.20 bits per heavy atom. The molecule has 1 amide bonds. The topological polar surface area (TPSA) is 29.1 Å². The number of hydrogen-bond acceptors (Lipinski definition) is 2. The average molecular weight is 242 g/mol. The first-order valence-electron chi connectivity index (χ1n) is 4.73. The molecule has 0 atom stereocenters. The summed E-state index contributed by atoms with van der Waals surface area (Å²) >= 11 is 7.71. The monoisotopic (exact) mass is 241 g/mol. The van der Waals surface area contributed by atoms with Gasteiger partial charge >= 0.3 is 0 Å². The minimum Gasteiger partial charge on any atom is -0.325 e. The van der Waals surface area contributed by atoms with Crippen molar-refractivity contribution in [2.45, 2.75) is 18.7 Å². The maximum Gasteiger partial charge on any atom is 0.230 e. The number of rotatable bonds is 0. The maximum absolute atomic E-state index is 11.8. The molecule has 2 rings (SSSR count). The van der Waals surface area contributed by atoms with E-state index in [0.717, 1.165) is 16.3 Å². The second-order valence-corrected chi connectivity index (χ2v) is 5.64. The number of hydrogen-bond donors (Lipinski definition) is 1. The number of amides is 1. The van der Waals surface area contributed by atoms with Gasteiger partial charge in [-0.15, -0.1) is 11.8 Å². The summed E-state index contributed by atoms with van der Waals surface area (Å²) in [4.78, 5) is 12.8. The molecule has 1 heterocycles. The highest BCUT2D eigenvalue weighted by Gasteiger charge is 2.31. The molecular weight excluding hydrogens is 230 g/mol. The Morgan fingerprint density at radius 3 is 2.93 bits per heavy atom. The molecule has 0 aliphatic carbocycles. The van der Waals surface area contributed by atoms with E-state index in [1.54, 1.807) is 11.8 Å². The van der Waals surface area contributed by atoms with Gasteiger partial charge in [0, 0.05) is 10.6 Å². The van der Waals surface area contributed by atoms with Gasteiger partial charge in [-0.1, -0.05) is 31.5 Å². The summed E-state index contributed by atoms with van der Waals surface area (Å²) in [6, 6.07) is 5.58. The van der Waals surface area contributed by atoms with E-state index in [-0.39, 0.29) is 11.3 Å². The molecule has 0 aromatic heterocycles. The fraction of sp³-hybridized carbons (Fsp3) is 0.364. The number of thioether (sulfide) groups is 1. The van der Waals surface area contributed by atoms with E-state index < -0.39 is 0 Å². The molecule has 1 aliphatic rings. The lowest BCUT2D eigenvalue weighted by molar-refractivity contribution is -0.122. The van der Waals surface area contributed by atoms with Crippen molar-refractivity contribution in [1.29, 1.82) is 0 Å². The van der Waals surface area contributed by atoms with Crippen LogP contribution in [0.3, 0.4) is 0 Å². The van der Waals surface area contributed by atoms with Crippen LogP contribution in [-0.2, 0) is 4.79 Å². The van der Waals surface area contributed by atoms with Gasteiger partial charge in [-0.05, 0) is 12.1 Å². The molecule has 0 unspecified atom stereocenters. The van der Waals surface area contributed by atoms with E-state index >= 15 is 0 Å². The van der Waals surface area contributed by atoms with Gasteiger partial charge in [0.1, 0.15) is 0 Å². The number of fused-ring (bicyclic) bond motifs is 1. The average Bonchev–Trinajstić information content (AvgIpc) is 2.26. The predicted octanol–water partition coefficient (Wildman–Crippen LogP) is 3.41. The summed E-state index contributed by atoms with van der Waals surface area (Å²) in [5.41, 5.74) is 0.468. The maximum atomic E-state index is 11.8. The third-order valence-corrected chi connectivity index (χ3v) is 4.43. The number of carbonyl (C=O) groups excluding carboxylic acids is 1. The number of benzene rings is 1. The predicted molar refractivity (Wildman–Crippen MR) is 64.6 cm³/mol. The largest absolute Gasteiger partial charge is 0.325 e. The third-order valence-electron chi connectivity index (χ3n) is 2.41. The number of nitrogens with one attached hydrogen (secondary N) is 1. The molecule has 1 aromatic rings. The van der Waals surface area contributed by atoms with E-state index in [1.165, 1.54) is 0 Å². The van der Waals surface area contributed by atoms with Crippen LogP contribution in [0.15, 0.2) is 23.1 Å². The molecule has 0 radical (unpaired) electrons. The number of anilines is 1. The summed E-state index contributed by atoms with van der Waals surface area (Å²) in [5, 5.41) is 3.61. The first kappa shape index (κ1) is 10.8. The molecule has 2 nitrogen and oxygen atoms in total. The zero-order chi connectivity index (χ0) is 11.1. The fourth-order valence-corrected chi connectivity index (χ4v) is 2.82. The lowest BCUT2D eigenvalue weighted by atomic mass is 9.95. The summed E-state index contributed by atoms with van der Waals surface area (Å²) in [6.07, 6.45) is 0. The molecule has 0 bridgehead atoms. The highest BCUT2D eigenvalue weighted by molar-refractivity contribution is 7.99. The van der Waals surface area contributed by atoms with Crippen LogP contribution in [-0.4, -0.2) is 11.7 Å². The molecule has 1 N–H and O–H groups in total. The highest BCUT2D eigenvalue weighted by atomic mass is 35.5. The molecular formula is C11H12ClNOS. The Hall–Kier alpha value is -0.670. The van der Waals surface area contributed by atoms with E-state index in [0.29, 0.717) is 5.02 Å². The Bertz CT molecular complexity index is 417. The zero-order valence-electron chi connectivity index (χ0n) is 8.63. The van der Waals surface area contributed by atoms with Gasteiger partial charge in [0.05, 0.1) is 16.1 Å². The van der Waals surface area contributed by atoms with Crippen molar-refractivity contribution < 1.29 is 4.79 Å². The SMILES string of the molecule is CC1(C)CSc2c(Cl)cccc2NC1=O. The van der Waals surface area contributed by atoms with Crippen LogP contribution >= 0.6 is 23.4 Å². The molecule has 80 valence electrons. The Balaban J connectivity index is 2.44. The smallest absolute Gasteiger partial charge is 0.230 e. The summed E-state index contributed by atoms with van der Waals surface area (Å²) < 4.78 is 0. The first-order valence-corrected chi connectivity index (χ1v) is 6.10.